The van der Waals surface area contributed by atoms with Crippen LogP contribution in [0.4, 0.5) is 0 Å². The Morgan fingerprint density at radius 3 is 2.55 bits per heavy atom. The standard InChI is InChI=1S/C13H17BrN2O3S/c1-8-11(14)5-10(6-12(8)20(15,18)19)13(17)16(2)7-9-3-4-9/h5-6,9H,3-4,7H2,1-2H3,(H2,15,18,19). The number of sulfonamides is 1. The Morgan fingerprint density at radius 2 is 2.05 bits per heavy atom. The molecule has 0 bridgehead atoms. The molecule has 2 N–H and O–H groups in total. The molecule has 7 heteroatoms. The maximum atomic E-state index is 12.3. The van der Waals surface area contributed by atoms with Gasteiger partial charge in [-0.3, -0.25) is 4.79 Å². The van der Waals surface area contributed by atoms with Crippen molar-refractivity contribution in [2.24, 2.45) is 11.1 Å². The average molecular weight is 361 g/mol. The Bertz CT molecular complexity index is 654. The zero-order valence-corrected chi connectivity index (χ0v) is 13.8. The molecule has 0 radical (unpaired) electrons. The minimum Gasteiger partial charge on any atom is -0.341 e. The molecule has 1 aliphatic carbocycles. The Hall–Kier alpha value is -0.920. The minimum absolute atomic E-state index is 0.0185. The van der Waals surface area contributed by atoms with E-state index in [9.17, 15) is 13.2 Å². The van der Waals surface area contributed by atoms with Crippen LogP contribution in [0.5, 0.6) is 0 Å². The van der Waals surface area contributed by atoms with Crippen molar-refractivity contribution in [3.8, 4) is 0 Å². The number of hydrogen-bond donors (Lipinski definition) is 1. The summed E-state index contributed by atoms with van der Waals surface area (Å²) >= 11 is 3.28. The highest BCUT2D eigenvalue weighted by Crippen LogP contribution is 2.30. The highest BCUT2D eigenvalue weighted by Gasteiger charge is 2.26. The van der Waals surface area contributed by atoms with Gasteiger partial charge in [-0.15, -0.1) is 0 Å². The summed E-state index contributed by atoms with van der Waals surface area (Å²) in [5.41, 5.74) is 0.837. The van der Waals surface area contributed by atoms with Crippen molar-refractivity contribution in [3.05, 3.63) is 27.7 Å². The largest absolute Gasteiger partial charge is 0.341 e. The predicted octanol–water partition coefficient (Wildman–Crippen LogP) is 1.89. The maximum absolute atomic E-state index is 12.3. The van der Waals surface area contributed by atoms with Crippen LogP contribution in [0.2, 0.25) is 0 Å². The third kappa shape index (κ3) is 3.39. The molecule has 1 aromatic carbocycles. The first-order valence-corrected chi connectivity index (χ1v) is 8.62. The van der Waals surface area contributed by atoms with Gasteiger partial charge in [0.1, 0.15) is 0 Å². The van der Waals surface area contributed by atoms with Crippen molar-refractivity contribution in [2.45, 2.75) is 24.7 Å². The van der Waals surface area contributed by atoms with Crippen molar-refractivity contribution in [2.75, 3.05) is 13.6 Å². The van der Waals surface area contributed by atoms with Crippen molar-refractivity contribution in [1.29, 1.82) is 0 Å². The number of hydrogen-bond acceptors (Lipinski definition) is 3. The quantitative estimate of drug-likeness (QED) is 0.889. The fourth-order valence-electron chi connectivity index (χ4n) is 2.06. The van der Waals surface area contributed by atoms with E-state index in [2.05, 4.69) is 15.9 Å². The molecule has 1 saturated carbocycles. The van der Waals surface area contributed by atoms with E-state index in [0.29, 0.717) is 28.1 Å². The summed E-state index contributed by atoms with van der Waals surface area (Å²) in [6.07, 6.45) is 2.30. The van der Waals surface area contributed by atoms with E-state index in [4.69, 9.17) is 5.14 Å². The van der Waals surface area contributed by atoms with Crippen LogP contribution in [0.1, 0.15) is 28.8 Å². The smallest absolute Gasteiger partial charge is 0.253 e. The van der Waals surface area contributed by atoms with E-state index >= 15 is 0 Å². The van der Waals surface area contributed by atoms with Crippen LogP contribution in [0.25, 0.3) is 0 Å². The molecule has 0 unspecified atom stereocenters. The third-order valence-electron chi connectivity index (χ3n) is 3.43. The SMILES string of the molecule is Cc1c(Br)cc(C(=O)N(C)CC2CC2)cc1S(N)(=O)=O. The first-order valence-electron chi connectivity index (χ1n) is 6.28. The molecular weight excluding hydrogens is 344 g/mol. The van der Waals surface area contributed by atoms with Crippen LogP contribution in [0.15, 0.2) is 21.5 Å². The van der Waals surface area contributed by atoms with Crippen molar-refractivity contribution in [1.82, 2.24) is 4.90 Å². The van der Waals surface area contributed by atoms with E-state index in [1.54, 1.807) is 24.9 Å². The van der Waals surface area contributed by atoms with E-state index in [0.717, 1.165) is 12.8 Å². The lowest BCUT2D eigenvalue weighted by Crippen LogP contribution is -2.29. The molecule has 2 rings (SSSR count). The summed E-state index contributed by atoms with van der Waals surface area (Å²) in [7, 11) is -2.12. The number of benzene rings is 1. The van der Waals surface area contributed by atoms with Gasteiger partial charge in [-0.1, -0.05) is 15.9 Å². The molecule has 1 aliphatic rings. The first-order chi connectivity index (χ1) is 9.20. The van der Waals surface area contributed by atoms with Crippen LogP contribution in [0, 0.1) is 12.8 Å². The predicted molar refractivity (Wildman–Crippen MR) is 79.9 cm³/mol. The number of rotatable bonds is 4. The van der Waals surface area contributed by atoms with Gasteiger partial charge in [-0.25, -0.2) is 13.6 Å². The number of amides is 1. The number of nitrogens with zero attached hydrogens (tertiary/aromatic N) is 1. The molecule has 1 amide bonds. The molecule has 0 aromatic heterocycles. The second-order valence-electron chi connectivity index (χ2n) is 5.26. The normalized spacial score (nSPS) is 15.2. The second kappa shape index (κ2) is 5.46. The molecule has 0 saturated heterocycles. The Kier molecular flexibility index (Phi) is 4.22. The highest BCUT2D eigenvalue weighted by atomic mass is 79.9. The highest BCUT2D eigenvalue weighted by molar-refractivity contribution is 9.10. The molecule has 0 heterocycles. The summed E-state index contributed by atoms with van der Waals surface area (Å²) in [5.74, 6) is 0.387. The molecule has 0 atom stereocenters. The summed E-state index contributed by atoms with van der Waals surface area (Å²) in [4.78, 5) is 13.9. The number of nitrogens with two attached hydrogens (primary N) is 1. The molecule has 1 fully saturated rings. The number of halogens is 1. The van der Waals surface area contributed by atoms with Crippen molar-refractivity contribution >= 4 is 31.9 Å². The number of carbonyl (C=O) groups is 1. The molecule has 110 valence electrons. The van der Waals surface area contributed by atoms with Crippen LogP contribution in [-0.2, 0) is 10.0 Å². The fourth-order valence-corrected chi connectivity index (χ4v) is 3.48. The van der Waals surface area contributed by atoms with Gasteiger partial charge in [-0.05, 0) is 43.4 Å². The van der Waals surface area contributed by atoms with Gasteiger partial charge in [0.15, 0.2) is 0 Å². The number of primary sulfonamides is 1. The lowest BCUT2D eigenvalue weighted by atomic mass is 10.1. The topological polar surface area (TPSA) is 80.5 Å². The van der Waals surface area contributed by atoms with Crippen LogP contribution in [0.3, 0.4) is 0 Å². The minimum atomic E-state index is -3.85. The van der Waals surface area contributed by atoms with E-state index < -0.39 is 10.0 Å². The van der Waals surface area contributed by atoms with Crippen molar-refractivity contribution < 1.29 is 13.2 Å². The summed E-state index contributed by atoms with van der Waals surface area (Å²) in [6.45, 7) is 2.35. The molecule has 5 nitrogen and oxygen atoms in total. The van der Waals surface area contributed by atoms with Crippen LogP contribution >= 0.6 is 15.9 Å². The van der Waals surface area contributed by atoms with Crippen LogP contribution in [-0.4, -0.2) is 32.8 Å². The average Bonchev–Trinajstić information content (AvgIpc) is 3.13. The Morgan fingerprint density at radius 1 is 1.45 bits per heavy atom. The van der Waals surface area contributed by atoms with E-state index in [1.165, 1.54) is 6.07 Å². The molecular formula is C13H17BrN2O3S. The molecule has 0 aliphatic heterocycles. The number of carbonyl (C=O) groups excluding carboxylic acids is 1. The molecule has 20 heavy (non-hydrogen) atoms. The third-order valence-corrected chi connectivity index (χ3v) is 5.29. The van der Waals surface area contributed by atoms with E-state index in [1.807, 2.05) is 0 Å². The van der Waals surface area contributed by atoms with Gasteiger partial charge in [0.05, 0.1) is 4.90 Å². The maximum Gasteiger partial charge on any atom is 0.253 e. The fraction of sp³-hybridized carbons (Fsp3) is 0.462. The summed E-state index contributed by atoms with van der Waals surface area (Å²) in [5, 5.41) is 5.19. The first kappa shape index (κ1) is 15.5. The Labute approximate surface area is 127 Å². The van der Waals surface area contributed by atoms with Gasteiger partial charge in [-0.2, -0.15) is 0 Å². The summed E-state index contributed by atoms with van der Waals surface area (Å²) < 4.78 is 23.7. The zero-order chi connectivity index (χ0) is 15.1. The van der Waals surface area contributed by atoms with Gasteiger partial charge < -0.3 is 4.90 Å². The van der Waals surface area contributed by atoms with E-state index in [-0.39, 0.29) is 10.8 Å². The lowest BCUT2D eigenvalue weighted by molar-refractivity contribution is 0.0788. The van der Waals surface area contributed by atoms with Gasteiger partial charge in [0.25, 0.3) is 5.91 Å². The monoisotopic (exact) mass is 360 g/mol. The van der Waals surface area contributed by atoms with Crippen molar-refractivity contribution in [3.63, 3.8) is 0 Å². The van der Waals surface area contributed by atoms with Gasteiger partial charge in [0.2, 0.25) is 10.0 Å². The molecule has 0 spiro atoms. The lowest BCUT2D eigenvalue weighted by Gasteiger charge is -2.18. The van der Waals surface area contributed by atoms with Gasteiger partial charge >= 0.3 is 0 Å². The Balaban J connectivity index is 2.36. The van der Waals surface area contributed by atoms with Gasteiger partial charge in [0, 0.05) is 23.6 Å². The zero-order valence-electron chi connectivity index (χ0n) is 11.4. The summed E-state index contributed by atoms with van der Waals surface area (Å²) in [6, 6.07) is 2.98. The second-order valence-corrected chi connectivity index (χ2v) is 7.64. The molecule has 1 aromatic rings. The van der Waals surface area contributed by atoms with Crippen LogP contribution < -0.4 is 5.14 Å².